The van der Waals surface area contributed by atoms with Gasteiger partial charge in [-0.15, -0.1) is 0 Å². The van der Waals surface area contributed by atoms with E-state index in [0.717, 1.165) is 0 Å². The zero-order valence-electron chi connectivity index (χ0n) is 10.9. The summed E-state index contributed by atoms with van der Waals surface area (Å²) in [4.78, 5) is 24.4. The average molecular weight is 297 g/mol. The van der Waals surface area contributed by atoms with Crippen LogP contribution in [0.5, 0.6) is 0 Å². The molecule has 1 aromatic carbocycles. The van der Waals surface area contributed by atoms with Crippen LogP contribution in [-0.2, 0) is 19.6 Å². The maximum atomic E-state index is 11.9. The highest BCUT2D eigenvalue weighted by Crippen LogP contribution is 2.19. The number of benzene rings is 1. The molecule has 1 aliphatic rings. The van der Waals surface area contributed by atoms with Gasteiger partial charge in [-0.1, -0.05) is 0 Å². The Morgan fingerprint density at radius 2 is 1.80 bits per heavy atom. The fraction of sp³-hybridized carbons (Fsp3) is 0.333. The lowest BCUT2D eigenvalue weighted by Gasteiger charge is -2.37. The quantitative estimate of drug-likeness (QED) is 0.801. The summed E-state index contributed by atoms with van der Waals surface area (Å²) in [5.41, 5.74) is 0.490. The Balaban J connectivity index is 1.94. The summed E-state index contributed by atoms with van der Waals surface area (Å²) in [6, 6.07) is 5.60. The number of rotatable bonds is 3. The van der Waals surface area contributed by atoms with Crippen LogP contribution in [0.2, 0.25) is 0 Å². The molecular formula is C12H15N3O4S. The zero-order valence-corrected chi connectivity index (χ0v) is 11.7. The van der Waals surface area contributed by atoms with E-state index in [4.69, 9.17) is 5.14 Å². The number of amides is 2. The molecule has 0 bridgehead atoms. The van der Waals surface area contributed by atoms with Crippen molar-refractivity contribution in [2.75, 3.05) is 18.4 Å². The topological polar surface area (TPSA) is 110 Å². The van der Waals surface area contributed by atoms with Crippen LogP contribution in [0, 0.1) is 5.92 Å². The first-order valence-electron chi connectivity index (χ1n) is 5.96. The highest BCUT2D eigenvalue weighted by Gasteiger charge is 2.34. The first kappa shape index (κ1) is 14.5. The lowest BCUT2D eigenvalue weighted by molar-refractivity contribution is -0.139. The number of carbonyl (C=O) groups is 2. The first-order chi connectivity index (χ1) is 9.27. The summed E-state index contributed by atoms with van der Waals surface area (Å²) in [5, 5.41) is 7.65. The Hall–Kier alpha value is -1.93. The van der Waals surface area contributed by atoms with Crippen molar-refractivity contribution in [1.82, 2.24) is 4.90 Å². The van der Waals surface area contributed by atoms with Gasteiger partial charge in [0.25, 0.3) is 0 Å². The van der Waals surface area contributed by atoms with E-state index in [1.165, 1.54) is 31.2 Å². The van der Waals surface area contributed by atoms with Crippen LogP contribution in [0.4, 0.5) is 5.69 Å². The van der Waals surface area contributed by atoms with E-state index < -0.39 is 10.0 Å². The lowest BCUT2D eigenvalue weighted by atomic mass is 9.99. The van der Waals surface area contributed by atoms with Gasteiger partial charge in [0.15, 0.2) is 0 Å². The molecule has 0 radical (unpaired) electrons. The molecular weight excluding hydrogens is 282 g/mol. The molecule has 0 spiro atoms. The van der Waals surface area contributed by atoms with Crippen molar-refractivity contribution >= 4 is 27.5 Å². The Morgan fingerprint density at radius 3 is 2.25 bits per heavy atom. The Labute approximate surface area is 116 Å². The van der Waals surface area contributed by atoms with Crippen LogP contribution in [-0.4, -0.2) is 38.2 Å². The molecule has 2 amide bonds. The van der Waals surface area contributed by atoms with Gasteiger partial charge in [0.05, 0.1) is 10.8 Å². The number of hydrogen-bond donors (Lipinski definition) is 2. The van der Waals surface area contributed by atoms with Crippen molar-refractivity contribution in [2.24, 2.45) is 11.1 Å². The van der Waals surface area contributed by atoms with E-state index in [2.05, 4.69) is 5.32 Å². The number of nitrogens with zero attached hydrogens (tertiary/aromatic N) is 1. The van der Waals surface area contributed by atoms with E-state index in [-0.39, 0.29) is 22.6 Å². The van der Waals surface area contributed by atoms with E-state index in [0.29, 0.717) is 18.8 Å². The number of likely N-dealkylation sites (tertiary alicyclic amines) is 1. The van der Waals surface area contributed by atoms with Gasteiger partial charge in [-0.2, -0.15) is 0 Å². The van der Waals surface area contributed by atoms with Gasteiger partial charge in [-0.05, 0) is 24.3 Å². The van der Waals surface area contributed by atoms with Crippen molar-refractivity contribution in [3.8, 4) is 0 Å². The molecule has 0 aromatic heterocycles. The molecule has 1 heterocycles. The highest BCUT2D eigenvalue weighted by molar-refractivity contribution is 7.89. The summed E-state index contributed by atoms with van der Waals surface area (Å²) in [5.74, 6) is -0.464. The third-order valence-corrected chi connectivity index (χ3v) is 4.08. The molecule has 1 aliphatic heterocycles. The summed E-state index contributed by atoms with van der Waals surface area (Å²) in [6.45, 7) is 2.28. The first-order valence-corrected chi connectivity index (χ1v) is 7.51. The van der Waals surface area contributed by atoms with Crippen LogP contribution < -0.4 is 10.5 Å². The SMILES string of the molecule is CC(=O)N1CC(C(=O)Nc2ccc(S(N)(=O)=O)cc2)C1. The number of carbonyl (C=O) groups excluding carboxylic acids is 2. The fourth-order valence-corrected chi connectivity index (χ4v) is 2.39. The number of nitrogens with one attached hydrogen (secondary N) is 1. The van der Waals surface area contributed by atoms with Gasteiger partial charge in [-0.25, -0.2) is 13.6 Å². The molecule has 0 unspecified atom stereocenters. The summed E-state index contributed by atoms with van der Waals surface area (Å²) >= 11 is 0. The van der Waals surface area contributed by atoms with Crippen LogP contribution in [0.15, 0.2) is 29.2 Å². The summed E-state index contributed by atoms with van der Waals surface area (Å²) < 4.78 is 22.2. The second kappa shape index (κ2) is 5.22. The molecule has 20 heavy (non-hydrogen) atoms. The third-order valence-electron chi connectivity index (χ3n) is 3.15. The minimum atomic E-state index is -3.73. The number of hydrogen-bond acceptors (Lipinski definition) is 4. The van der Waals surface area contributed by atoms with Crippen LogP contribution in [0.25, 0.3) is 0 Å². The summed E-state index contributed by atoms with van der Waals surface area (Å²) in [7, 11) is -3.73. The highest BCUT2D eigenvalue weighted by atomic mass is 32.2. The maximum Gasteiger partial charge on any atom is 0.238 e. The molecule has 108 valence electrons. The molecule has 1 saturated heterocycles. The van der Waals surface area contributed by atoms with Crippen molar-refractivity contribution in [1.29, 1.82) is 0 Å². The van der Waals surface area contributed by atoms with E-state index >= 15 is 0 Å². The molecule has 1 fully saturated rings. The number of sulfonamides is 1. The van der Waals surface area contributed by atoms with Crippen LogP contribution in [0.3, 0.4) is 0 Å². The second-order valence-electron chi connectivity index (χ2n) is 4.68. The second-order valence-corrected chi connectivity index (χ2v) is 6.24. The predicted octanol–water partition coefficient (Wildman–Crippen LogP) is -0.249. The molecule has 2 rings (SSSR count). The number of anilines is 1. The lowest BCUT2D eigenvalue weighted by Crippen LogP contribution is -2.53. The van der Waals surface area contributed by atoms with E-state index in [1.54, 1.807) is 4.90 Å². The monoisotopic (exact) mass is 297 g/mol. The number of nitrogens with two attached hydrogens (primary N) is 1. The molecule has 1 aromatic rings. The number of primary sulfonamides is 1. The smallest absolute Gasteiger partial charge is 0.238 e. The molecule has 0 saturated carbocycles. The zero-order chi connectivity index (χ0) is 14.9. The fourth-order valence-electron chi connectivity index (χ4n) is 1.87. The minimum absolute atomic E-state index is 0.0121. The van der Waals surface area contributed by atoms with Gasteiger partial charge in [-0.3, -0.25) is 9.59 Å². The van der Waals surface area contributed by atoms with Crippen molar-refractivity contribution in [2.45, 2.75) is 11.8 Å². The van der Waals surface area contributed by atoms with Gasteiger partial charge >= 0.3 is 0 Å². The van der Waals surface area contributed by atoms with Crippen LogP contribution in [0.1, 0.15) is 6.92 Å². The largest absolute Gasteiger partial charge is 0.341 e. The normalized spacial score (nSPS) is 15.6. The van der Waals surface area contributed by atoms with Gasteiger partial charge in [0, 0.05) is 25.7 Å². The van der Waals surface area contributed by atoms with Crippen molar-refractivity contribution in [3.05, 3.63) is 24.3 Å². The Kier molecular flexibility index (Phi) is 3.78. The third kappa shape index (κ3) is 3.14. The Morgan fingerprint density at radius 1 is 1.25 bits per heavy atom. The molecule has 0 aliphatic carbocycles. The van der Waals surface area contributed by atoms with E-state index in [9.17, 15) is 18.0 Å². The van der Waals surface area contributed by atoms with Gasteiger partial charge in [0.2, 0.25) is 21.8 Å². The maximum absolute atomic E-state index is 11.9. The van der Waals surface area contributed by atoms with Gasteiger partial charge < -0.3 is 10.2 Å². The molecule has 3 N–H and O–H groups in total. The Bertz CT molecular complexity index is 633. The molecule has 0 atom stereocenters. The van der Waals surface area contributed by atoms with E-state index in [1.807, 2.05) is 0 Å². The van der Waals surface area contributed by atoms with Crippen LogP contribution >= 0.6 is 0 Å². The molecule has 7 nitrogen and oxygen atoms in total. The minimum Gasteiger partial charge on any atom is -0.341 e. The predicted molar refractivity (Wildman–Crippen MR) is 72.2 cm³/mol. The summed E-state index contributed by atoms with van der Waals surface area (Å²) in [6.07, 6.45) is 0. The van der Waals surface area contributed by atoms with Gasteiger partial charge in [0.1, 0.15) is 0 Å². The van der Waals surface area contributed by atoms with Crippen molar-refractivity contribution in [3.63, 3.8) is 0 Å². The molecule has 8 heteroatoms. The van der Waals surface area contributed by atoms with Crippen molar-refractivity contribution < 1.29 is 18.0 Å². The average Bonchev–Trinajstić information content (AvgIpc) is 2.25. The standard InChI is InChI=1S/C12H15N3O4S/c1-8(16)15-6-9(7-15)12(17)14-10-2-4-11(5-3-10)20(13,18)19/h2-5,9H,6-7H2,1H3,(H,14,17)(H2,13,18,19).